The number of hydrogen-bond acceptors (Lipinski definition) is 2. The van der Waals surface area contributed by atoms with E-state index >= 15 is 0 Å². The van der Waals surface area contributed by atoms with Crippen molar-refractivity contribution < 1.29 is 9.59 Å². The highest BCUT2D eigenvalue weighted by Crippen LogP contribution is 2.25. The largest absolute Gasteiger partial charge is 0.351 e. The minimum absolute atomic E-state index is 0.327. The topological polar surface area (TPSA) is 72.2 Å². The van der Waals surface area contributed by atoms with Crippen LogP contribution in [0.1, 0.15) is 32.1 Å². The number of carbonyl (C=O) groups excluding carboxylic acids is 2. The maximum Gasteiger partial charge on any atom is 0.318 e. The third kappa shape index (κ3) is 3.92. The van der Waals surface area contributed by atoms with E-state index in [-0.39, 0.29) is 5.91 Å². The summed E-state index contributed by atoms with van der Waals surface area (Å²) in [6.07, 6.45) is 7.26. The highest BCUT2D eigenvalue weighted by Gasteiger charge is 2.17. The molecule has 3 N–H and O–H groups in total. The van der Waals surface area contributed by atoms with Crippen LogP contribution in [0, 0.1) is 12.3 Å². The molecule has 1 fully saturated rings. The fraction of sp³-hybridized carbons (Fsp3) is 0.667. The first-order chi connectivity index (χ1) is 6.18. The Hall–Kier alpha value is -1.06. The number of carbonyl (C=O) groups is 2. The molecule has 73 valence electrons. The van der Waals surface area contributed by atoms with Gasteiger partial charge in [-0.3, -0.25) is 10.1 Å². The van der Waals surface area contributed by atoms with Crippen molar-refractivity contribution in [2.24, 2.45) is 11.7 Å². The van der Waals surface area contributed by atoms with Gasteiger partial charge in [-0.25, -0.2) is 4.79 Å². The van der Waals surface area contributed by atoms with Crippen LogP contribution >= 0.6 is 0 Å². The molecule has 1 aliphatic rings. The minimum atomic E-state index is -0.781. The standard InChI is InChI=1S/C9H15N2O2/c10-9(13)11-8(12)6-7-4-2-1-3-5-7/h6-7H,1-5H2,(H3,10,11,12,13). The number of amides is 3. The van der Waals surface area contributed by atoms with Crippen LogP contribution in [0.2, 0.25) is 0 Å². The minimum Gasteiger partial charge on any atom is -0.351 e. The summed E-state index contributed by atoms with van der Waals surface area (Å²) in [5, 5.41) is 2.03. The second-order valence-electron chi connectivity index (χ2n) is 3.42. The Morgan fingerprint density at radius 1 is 1.23 bits per heavy atom. The number of urea groups is 1. The highest BCUT2D eigenvalue weighted by atomic mass is 16.2. The first-order valence-corrected chi connectivity index (χ1v) is 4.64. The molecule has 1 rings (SSSR count). The van der Waals surface area contributed by atoms with E-state index in [1.807, 2.05) is 5.32 Å². The summed E-state index contributed by atoms with van der Waals surface area (Å²) >= 11 is 0. The molecule has 0 bridgehead atoms. The Bertz CT molecular complexity index is 198. The summed E-state index contributed by atoms with van der Waals surface area (Å²) in [5.41, 5.74) is 4.81. The lowest BCUT2D eigenvalue weighted by molar-refractivity contribution is -0.117. The van der Waals surface area contributed by atoms with Gasteiger partial charge < -0.3 is 5.73 Å². The van der Waals surface area contributed by atoms with Gasteiger partial charge in [-0.1, -0.05) is 19.3 Å². The SMILES string of the molecule is NC(=O)NC(=O)[CH]C1CCCCC1. The van der Waals surface area contributed by atoms with Crippen molar-refractivity contribution >= 4 is 11.9 Å². The van der Waals surface area contributed by atoms with Crippen LogP contribution in [-0.4, -0.2) is 11.9 Å². The molecule has 0 unspecified atom stereocenters. The van der Waals surface area contributed by atoms with E-state index in [2.05, 4.69) is 0 Å². The monoisotopic (exact) mass is 183 g/mol. The molecule has 1 radical (unpaired) electrons. The molecular formula is C9H15N2O2. The molecule has 0 aromatic heterocycles. The van der Waals surface area contributed by atoms with Crippen molar-refractivity contribution in [2.45, 2.75) is 32.1 Å². The van der Waals surface area contributed by atoms with E-state index in [4.69, 9.17) is 5.73 Å². The lowest BCUT2D eigenvalue weighted by Crippen LogP contribution is -2.36. The van der Waals surface area contributed by atoms with Gasteiger partial charge in [0.05, 0.1) is 6.42 Å². The second kappa shape index (κ2) is 4.84. The molecule has 1 saturated carbocycles. The predicted molar refractivity (Wildman–Crippen MR) is 48.6 cm³/mol. The van der Waals surface area contributed by atoms with Crippen molar-refractivity contribution in [3.8, 4) is 0 Å². The first kappa shape index (κ1) is 10.0. The zero-order valence-electron chi connectivity index (χ0n) is 7.58. The van der Waals surface area contributed by atoms with Crippen molar-refractivity contribution in [2.75, 3.05) is 0 Å². The van der Waals surface area contributed by atoms with Crippen molar-refractivity contribution in [3.63, 3.8) is 0 Å². The van der Waals surface area contributed by atoms with Gasteiger partial charge in [0.15, 0.2) is 0 Å². The third-order valence-corrected chi connectivity index (χ3v) is 2.28. The summed E-state index contributed by atoms with van der Waals surface area (Å²) in [7, 11) is 0. The number of imide groups is 1. The van der Waals surface area contributed by atoms with E-state index < -0.39 is 6.03 Å². The Balaban J connectivity index is 2.22. The number of nitrogens with one attached hydrogen (secondary N) is 1. The molecule has 13 heavy (non-hydrogen) atoms. The molecule has 0 aromatic rings. The average Bonchev–Trinajstić information content (AvgIpc) is 2.04. The third-order valence-electron chi connectivity index (χ3n) is 2.28. The Labute approximate surface area is 77.9 Å². The van der Waals surface area contributed by atoms with E-state index in [1.165, 1.54) is 19.3 Å². The normalized spacial score (nSPS) is 18.2. The molecular weight excluding hydrogens is 168 g/mol. The van der Waals surface area contributed by atoms with Gasteiger partial charge in [0.25, 0.3) is 0 Å². The van der Waals surface area contributed by atoms with Crippen molar-refractivity contribution in [3.05, 3.63) is 6.42 Å². The van der Waals surface area contributed by atoms with E-state index in [0.29, 0.717) is 5.92 Å². The Morgan fingerprint density at radius 3 is 2.38 bits per heavy atom. The Morgan fingerprint density at radius 2 is 1.85 bits per heavy atom. The molecule has 1 aliphatic carbocycles. The van der Waals surface area contributed by atoms with Crippen LogP contribution in [0.25, 0.3) is 0 Å². The molecule has 0 saturated heterocycles. The zero-order valence-corrected chi connectivity index (χ0v) is 7.58. The summed E-state index contributed by atoms with van der Waals surface area (Å²) in [5.74, 6) is -0.0347. The van der Waals surface area contributed by atoms with Crippen LogP contribution in [0.15, 0.2) is 0 Å². The van der Waals surface area contributed by atoms with Gasteiger partial charge in [0.2, 0.25) is 5.91 Å². The predicted octanol–water partition coefficient (Wildman–Crippen LogP) is 0.966. The maximum atomic E-state index is 11.1. The van der Waals surface area contributed by atoms with Crippen molar-refractivity contribution in [1.29, 1.82) is 0 Å². The lowest BCUT2D eigenvalue weighted by Gasteiger charge is -2.19. The maximum absolute atomic E-state index is 11.1. The van der Waals surface area contributed by atoms with Crippen LogP contribution < -0.4 is 11.1 Å². The fourth-order valence-electron chi connectivity index (χ4n) is 1.68. The molecule has 3 amide bonds. The summed E-state index contributed by atoms with van der Waals surface area (Å²) in [4.78, 5) is 21.4. The van der Waals surface area contributed by atoms with E-state index in [9.17, 15) is 9.59 Å². The number of hydrogen-bond donors (Lipinski definition) is 2. The molecule has 0 aliphatic heterocycles. The molecule has 4 heteroatoms. The van der Waals surface area contributed by atoms with Crippen LogP contribution in [0.5, 0.6) is 0 Å². The van der Waals surface area contributed by atoms with Gasteiger partial charge in [-0.15, -0.1) is 0 Å². The smallest absolute Gasteiger partial charge is 0.318 e. The molecule has 0 aromatic carbocycles. The lowest BCUT2D eigenvalue weighted by atomic mass is 9.87. The summed E-state index contributed by atoms with van der Waals surface area (Å²) in [6.45, 7) is 0. The van der Waals surface area contributed by atoms with Gasteiger partial charge in [0, 0.05) is 0 Å². The van der Waals surface area contributed by atoms with Gasteiger partial charge >= 0.3 is 6.03 Å². The molecule has 4 nitrogen and oxygen atoms in total. The van der Waals surface area contributed by atoms with Crippen LogP contribution in [-0.2, 0) is 4.79 Å². The van der Waals surface area contributed by atoms with E-state index in [0.717, 1.165) is 12.8 Å². The number of primary amides is 1. The average molecular weight is 183 g/mol. The van der Waals surface area contributed by atoms with Gasteiger partial charge in [-0.05, 0) is 18.8 Å². The van der Waals surface area contributed by atoms with Crippen molar-refractivity contribution in [1.82, 2.24) is 5.32 Å². The highest BCUT2D eigenvalue weighted by molar-refractivity contribution is 5.98. The second-order valence-corrected chi connectivity index (χ2v) is 3.42. The molecule has 0 heterocycles. The quantitative estimate of drug-likeness (QED) is 0.669. The van der Waals surface area contributed by atoms with Gasteiger partial charge in [0.1, 0.15) is 0 Å². The van der Waals surface area contributed by atoms with Crippen LogP contribution in [0.3, 0.4) is 0 Å². The summed E-state index contributed by atoms with van der Waals surface area (Å²) < 4.78 is 0. The number of rotatable bonds is 2. The fourth-order valence-corrected chi connectivity index (χ4v) is 1.68. The van der Waals surface area contributed by atoms with Crippen LogP contribution in [0.4, 0.5) is 4.79 Å². The van der Waals surface area contributed by atoms with Gasteiger partial charge in [-0.2, -0.15) is 0 Å². The number of nitrogens with two attached hydrogens (primary N) is 1. The zero-order chi connectivity index (χ0) is 9.68. The molecule has 0 atom stereocenters. The summed E-state index contributed by atoms with van der Waals surface area (Å²) in [6, 6.07) is -0.781. The van der Waals surface area contributed by atoms with E-state index in [1.54, 1.807) is 6.42 Å². The first-order valence-electron chi connectivity index (χ1n) is 4.64. The molecule has 0 spiro atoms. The Kier molecular flexibility index (Phi) is 3.73.